The van der Waals surface area contributed by atoms with Crippen molar-refractivity contribution in [3.63, 3.8) is 0 Å². The topological polar surface area (TPSA) is 141 Å². The van der Waals surface area contributed by atoms with Gasteiger partial charge < -0.3 is 34.7 Å². The molecule has 2 saturated heterocycles. The third-order valence-corrected chi connectivity index (χ3v) is 8.33. The molecule has 2 fully saturated rings. The van der Waals surface area contributed by atoms with E-state index in [0.29, 0.717) is 59.8 Å². The van der Waals surface area contributed by atoms with Gasteiger partial charge in [0.05, 0.1) is 41.2 Å². The smallest absolute Gasteiger partial charge is 0.296 e. The first-order valence-electron chi connectivity index (χ1n) is 14.0. The molecule has 1 amide bonds. The molecule has 220 valence electrons. The second-order valence-corrected chi connectivity index (χ2v) is 11.7. The van der Waals surface area contributed by atoms with E-state index in [2.05, 4.69) is 15.0 Å². The van der Waals surface area contributed by atoms with E-state index in [4.69, 9.17) is 21.1 Å². The molecule has 4 heterocycles. The number of carbonyl (C=O) groups is 1. The van der Waals surface area contributed by atoms with Gasteiger partial charge in [0.2, 0.25) is 0 Å². The highest BCUT2D eigenvalue weighted by atomic mass is 35.5. The first kappa shape index (κ1) is 28.6. The van der Waals surface area contributed by atoms with E-state index in [9.17, 15) is 20.1 Å². The number of hydrogen-bond donors (Lipinski definition) is 4. The number of ether oxygens (including phenoxy) is 2. The van der Waals surface area contributed by atoms with Gasteiger partial charge in [-0.05, 0) is 49.1 Å². The van der Waals surface area contributed by atoms with Crippen LogP contribution in [0.5, 0.6) is 6.01 Å². The number of hydrogen-bond acceptors (Lipinski definition) is 8. The second-order valence-electron chi connectivity index (χ2n) is 11.3. The summed E-state index contributed by atoms with van der Waals surface area (Å²) in [5.41, 5.74) is 4.35. The summed E-state index contributed by atoms with van der Waals surface area (Å²) >= 11 is 6.60. The fourth-order valence-corrected chi connectivity index (χ4v) is 5.66. The number of H-pyrrole nitrogens is 1. The average Bonchev–Trinajstić information content (AvgIpc) is 3.37. The van der Waals surface area contributed by atoms with Crippen molar-refractivity contribution in [3.8, 4) is 28.4 Å². The van der Waals surface area contributed by atoms with Crippen LogP contribution in [-0.2, 0) is 4.74 Å². The molecule has 2 aliphatic rings. The molecule has 0 aliphatic carbocycles. The number of nitrogens with zero attached hydrogens (tertiary/aromatic N) is 3. The molecule has 2 aliphatic heterocycles. The lowest BCUT2D eigenvalue weighted by Gasteiger charge is -2.35. The Morgan fingerprint density at radius 3 is 2.38 bits per heavy atom. The summed E-state index contributed by atoms with van der Waals surface area (Å²) in [4.78, 5) is 26.9. The number of halogens is 1. The zero-order valence-electron chi connectivity index (χ0n) is 23.2. The van der Waals surface area contributed by atoms with Crippen LogP contribution in [0.2, 0.25) is 5.02 Å². The Hall–Kier alpha value is -3.54. The predicted octanol–water partition coefficient (Wildman–Crippen LogP) is 3.82. The van der Waals surface area contributed by atoms with Gasteiger partial charge in [0.25, 0.3) is 11.9 Å². The maximum atomic E-state index is 12.9. The number of carbonyl (C=O) groups excluding carboxylic acids is 1. The first-order chi connectivity index (χ1) is 20.2. The van der Waals surface area contributed by atoms with Crippen LogP contribution < -0.4 is 4.74 Å². The number of aliphatic hydroxyl groups is 3. The van der Waals surface area contributed by atoms with Gasteiger partial charge in [0.1, 0.15) is 12.2 Å². The van der Waals surface area contributed by atoms with Crippen LogP contribution in [0, 0.1) is 0 Å². The Morgan fingerprint density at radius 1 is 1.10 bits per heavy atom. The number of fused-ring (bicyclic) bond motifs is 1. The molecular weight excluding hydrogens is 560 g/mol. The zero-order valence-corrected chi connectivity index (χ0v) is 23.9. The number of likely N-dealkylation sites (tertiary alicyclic amines) is 1. The minimum Gasteiger partial charge on any atom is -0.459 e. The van der Waals surface area contributed by atoms with Gasteiger partial charge in [-0.15, -0.1) is 0 Å². The van der Waals surface area contributed by atoms with E-state index in [1.54, 1.807) is 11.0 Å². The van der Waals surface area contributed by atoms with E-state index >= 15 is 0 Å². The number of aromatic nitrogens is 3. The summed E-state index contributed by atoms with van der Waals surface area (Å²) in [6.07, 6.45) is -0.367. The van der Waals surface area contributed by atoms with Gasteiger partial charge in [0, 0.05) is 30.6 Å². The molecule has 4 aromatic rings. The number of pyridine rings is 1. The van der Waals surface area contributed by atoms with Crippen LogP contribution in [0.1, 0.15) is 36.5 Å². The molecule has 3 atom stereocenters. The van der Waals surface area contributed by atoms with Crippen molar-refractivity contribution in [2.75, 3.05) is 26.3 Å². The Morgan fingerprint density at radius 2 is 1.74 bits per heavy atom. The quantitative estimate of drug-likeness (QED) is 0.265. The third-order valence-electron chi connectivity index (χ3n) is 8.04. The monoisotopic (exact) mass is 592 g/mol. The molecule has 6 rings (SSSR count). The Labute approximate surface area is 247 Å². The summed E-state index contributed by atoms with van der Waals surface area (Å²) in [6.45, 7) is 2.90. The Balaban J connectivity index is 1.14. The molecule has 0 saturated carbocycles. The highest BCUT2D eigenvalue weighted by Gasteiger charge is 2.32. The summed E-state index contributed by atoms with van der Waals surface area (Å²) in [6, 6.07) is 17.4. The first-order valence-corrected chi connectivity index (χ1v) is 14.4. The number of amides is 1. The molecule has 3 unspecified atom stereocenters. The van der Waals surface area contributed by atoms with E-state index in [1.807, 2.05) is 55.5 Å². The largest absolute Gasteiger partial charge is 0.459 e. The van der Waals surface area contributed by atoms with Crippen molar-refractivity contribution in [1.29, 1.82) is 0 Å². The predicted molar refractivity (Wildman–Crippen MR) is 157 cm³/mol. The van der Waals surface area contributed by atoms with E-state index in [-0.39, 0.29) is 25.1 Å². The number of aromatic amines is 1. The number of nitrogens with one attached hydrogen (secondary N) is 1. The van der Waals surface area contributed by atoms with E-state index < -0.39 is 23.9 Å². The van der Waals surface area contributed by atoms with Crippen LogP contribution in [0.4, 0.5) is 0 Å². The van der Waals surface area contributed by atoms with Gasteiger partial charge in [-0.3, -0.25) is 4.79 Å². The van der Waals surface area contributed by atoms with Crippen LogP contribution in [0.15, 0.2) is 54.6 Å². The second kappa shape index (κ2) is 11.6. The zero-order chi connectivity index (χ0) is 29.4. The lowest BCUT2D eigenvalue weighted by atomic mass is 9.93. The Bertz CT molecular complexity index is 1560. The van der Waals surface area contributed by atoms with Crippen LogP contribution in [0.25, 0.3) is 33.5 Å². The van der Waals surface area contributed by atoms with Crippen molar-refractivity contribution in [1.82, 2.24) is 19.9 Å². The molecular formula is C31H33ClN4O6. The van der Waals surface area contributed by atoms with Gasteiger partial charge in [0.15, 0.2) is 5.65 Å². The summed E-state index contributed by atoms with van der Waals surface area (Å²) in [5, 5.41) is 30.0. The number of rotatable bonds is 6. The Kier molecular flexibility index (Phi) is 7.91. The molecule has 10 nitrogen and oxygen atoms in total. The highest BCUT2D eigenvalue weighted by molar-refractivity contribution is 6.33. The van der Waals surface area contributed by atoms with E-state index in [1.165, 1.54) is 0 Å². The molecule has 11 heteroatoms. The molecule has 0 bridgehead atoms. The standard InChI is InChI=1S/C31H33ClN4O6/c1-31(40)10-12-36(13-11-31)29(39)21-8-4-19(5-9-21)18-2-6-20(7-3-18)27-23(32)15-24-28(34-27)35-30(33-24)42-22-14-25(38)26(16-37)41-17-22/h2-9,15,22,25-26,37-38,40H,10-14,16-17H2,1H3,(H,33,34,35). The molecule has 0 spiro atoms. The normalized spacial score (nSPS) is 22.3. The van der Waals surface area contributed by atoms with Crippen molar-refractivity contribution in [3.05, 3.63) is 65.2 Å². The van der Waals surface area contributed by atoms with Crippen molar-refractivity contribution in [2.45, 2.75) is 50.1 Å². The fourth-order valence-electron chi connectivity index (χ4n) is 5.40. The number of piperidine rings is 1. The lowest BCUT2D eigenvalue weighted by molar-refractivity contribution is -0.131. The number of imidazole rings is 1. The van der Waals surface area contributed by atoms with Crippen LogP contribution >= 0.6 is 11.6 Å². The average molecular weight is 593 g/mol. The van der Waals surface area contributed by atoms with E-state index in [0.717, 1.165) is 16.7 Å². The minimum absolute atomic E-state index is 0.0181. The van der Waals surface area contributed by atoms with Gasteiger partial charge in [-0.1, -0.05) is 48.0 Å². The fraction of sp³-hybridized carbons (Fsp3) is 0.387. The summed E-state index contributed by atoms with van der Waals surface area (Å²) in [5.74, 6) is -0.0181. The third kappa shape index (κ3) is 5.99. The van der Waals surface area contributed by atoms with Crippen LogP contribution in [-0.4, -0.2) is 91.3 Å². The van der Waals surface area contributed by atoms with Gasteiger partial charge >= 0.3 is 0 Å². The lowest BCUT2D eigenvalue weighted by Crippen LogP contribution is -2.45. The SMILES string of the molecule is CC1(O)CCN(C(=O)c2ccc(-c3ccc(-c4nc5nc(OC6COC(CO)C(O)C6)[nH]c5cc4Cl)cc3)cc2)CC1. The molecule has 2 aromatic heterocycles. The van der Waals surface area contributed by atoms with Crippen molar-refractivity contribution < 1.29 is 29.6 Å². The van der Waals surface area contributed by atoms with Crippen molar-refractivity contribution >= 4 is 28.7 Å². The molecule has 0 radical (unpaired) electrons. The molecule has 4 N–H and O–H groups in total. The minimum atomic E-state index is -0.820. The van der Waals surface area contributed by atoms with Crippen LogP contribution in [0.3, 0.4) is 0 Å². The maximum Gasteiger partial charge on any atom is 0.296 e. The molecule has 42 heavy (non-hydrogen) atoms. The van der Waals surface area contributed by atoms with Gasteiger partial charge in [-0.25, -0.2) is 4.98 Å². The maximum absolute atomic E-state index is 12.9. The summed E-state index contributed by atoms with van der Waals surface area (Å²) in [7, 11) is 0. The van der Waals surface area contributed by atoms with Gasteiger partial charge in [-0.2, -0.15) is 4.98 Å². The highest BCUT2D eigenvalue weighted by Crippen LogP contribution is 2.32. The number of aliphatic hydroxyl groups excluding tert-OH is 2. The van der Waals surface area contributed by atoms with Crippen molar-refractivity contribution in [2.24, 2.45) is 0 Å². The number of benzene rings is 2. The summed E-state index contributed by atoms with van der Waals surface area (Å²) < 4.78 is 11.3. The molecule has 2 aromatic carbocycles.